The van der Waals surface area contributed by atoms with Gasteiger partial charge in [0.2, 0.25) is 5.91 Å². The van der Waals surface area contributed by atoms with E-state index in [4.69, 9.17) is 10.8 Å². The lowest BCUT2D eigenvalue weighted by Crippen LogP contribution is -2.24. The van der Waals surface area contributed by atoms with Crippen molar-refractivity contribution < 1.29 is 14.7 Å². The zero-order valence-corrected chi connectivity index (χ0v) is 10.2. The molecule has 0 unspecified atom stereocenters. The molecule has 0 aliphatic carbocycles. The van der Waals surface area contributed by atoms with Gasteiger partial charge in [0.15, 0.2) is 0 Å². The summed E-state index contributed by atoms with van der Waals surface area (Å²) in [4.78, 5) is 22.5. The normalized spacial score (nSPS) is 10.1. The number of hydrogen-bond donors (Lipinski definition) is 3. The molecule has 0 fully saturated rings. The summed E-state index contributed by atoms with van der Waals surface area (Å²) < 4.78 is 0. The van der Waals surface area contributed by atoms with Gasteiger partial charge in [0, 0.05) is 24.3 Å². The summed E-state index contributed by atoms with van der Waals surface area (Å²) in [6.07, 6.45) is 2.48. The summed E-state index contributed by atoms with van der Waals surface area (Å²) in [6, 6.07) is 6.21. The van der Waals surface area contributed by atoms with Crippen LogP contribution in [0, 0.1) is 0 Å². The number of unbranched alkanes of at least 4 members (excludes halogenated alkanes) is 2. The quantitative estimate of drug-likeness (QED) is 0.621. The molecule has 4 N–H and O–H groups in total. The Morgan fingerprint density at radius 3 is 2.22 bits per heavy atom. The molecule has 1 aromatic carbocycles. The van der Waals surface area contributed by atoms with E-state index >= 15 is 0 Å². The Labute approximate surface area is 106 Å². The van der Waals surface area contributed by atoms with Crippen LogP contribution in [0.3, 0.4) is 0 Å². The molecule has 0 aromatic heterocycles. The smallest absolute Gasteiger partial charge is 0.251 e. The van der Waals surface area contributed by atoms with Crippen molar-refractivity contribution in [1.29, 1.82) is 0 Å². The topological polar surface area (TPSA) is 92.4 Å². The molecule has 2 amide bonds. The number of carbonyl (C=O) groups is 2. The lowest BCUT2D eigenvalue weighted by atomic mass is 10.1. The third-order valence-electron chi connectivity index (χ3n) is 2.55. The van der Waals surface area contributed by atoms with Gasteiger partial charge in [0.1, 0.15) is 0 Å². The molecule has 0 saturated carbocycles. The van der Waals surface area contributed by atoms with Crippen molar-refractivity contribution in [2.24, 2.45) is 5.73 Å². The van der Waals surface area contributed by atoms with Crippen molar-refractivity contribution in [3.05, 3.63) is 35.4 Å². The van der Waals surface area contributed by atoms with Gasteiger partial charge in [0.05, 0.1) is 0 Å². The summed E-state index contributed by atoms with van der Waals surface area (Å²) in [5.41, 5.74) is 5.99. The minimum absolute atomic E-state index is 0.171. The summed E-state index contributed by atoms with van der Waals surface area (Å²) in [7, 11) is 0. The van der Waals surface area contributed by atoms with Crippen LogP contribution in [0.15, 0.2) is 24.3 Å². The number of aliphatic hydroxyl groups is 1. The standard InChI is InChI=1S/C13H18N2O3/c14-12(17)10-4-6-11(7-5-10)13(18)15-8-2-1-3-9-16/h4-7,16H,1-3,8-9H2,(H2,14,17)(H,15,18). The molecule has 0 spiro atoms. The fourth-order valence-electron chi connectivity index (χ4n) is 1.50. The fourth-order valence-corrected chi connectivity index (χ4v) is 1.50. The molecule has 0 radical (unpaired) electrons. The van der Waals surface area contributed by atoms with Crippen molar-refractivity contribution >= 4 is 11.8 Å². The van der Waals surface area contributed by atoms with E-state index in [1.54, 1.807) is 12.1 Å². The second kappa shape index (κ2) is 7.45. The Morgan fingerprint density at radius 1 is 1.06 bits per heavy atom. The summed E-state index contributed by atoms with van der Waals surface area (Å²) in [6.45, 7) is 0.763. The number of rotatable bonds is 7. The van der Waals surface area contributed by atoms with Crippen LogP contribution in [0.2, 0.25) is 0 Å². The highest BCUT2D eigenvalue weighted by atomic mass is 16.2. The van der Waals surface area contributed by atoms with Gasteiger partial charge in [-0.15, -0.1) is 0 Å². The highest BCUT2D eigenvalue weighted by Crippen LogP contribution is 2.04. The number of nitrogens with one attached hydrogen (secondary N) is 1. The molecule has 0 bridgehead atoms. The molecule has 0 atom stereocenters. The summed E-state index contributed by atoms with van der Waals surface area (Å²) >= 11 is 0. The highest BCUT2D eigenvalue weighted by Gasteiger charge is 2.06. The summed E-state index contributed by atoms with van der Waals surface area (Å²) in [5.74, 6) is -0.680. The Bertz CT molecular complexity index is 401. The molecule has 18 heavy (non-hydrogen) atoms. The predicted octanol–water partition coefficient (Wildman–Crippen LogP) is 0.678. The van der Waals surface area contributed by atoms with Crippen LogP contribution >= 0.6 is 0 Å². The molecule has 0 heterocycles. The molecule has 98 valence electrons. The largest absolute Gasteiger partial charge is 0.396 e. The number of nitrogens with two attached hydrogens (primary N) is 1. The predicted molar refractivity (Wildman–Crippen MR) is 68.2 cm³/mol. The van der Waals surface area contributed by atoms with E-state index < -0.39 is 5.91 Å². The maximum absolute atomic E-state index is 11.7. The number of primary amides is 1. The van der Waals surface area contributed by atoms with Gasteiger partial charge in [-0.3, -0.25) is 9.59 Å². The van der Waals surface area contributed by atoms with Gasteiger partial charge in [-0.2, -0.15) is 0 Å². The molecule has 5 heteroatoms. The molecule has 1 aromatic rings. The van der Waals surface area contributed by atoms with Gasteiger partial charge < -0.3 is 16.2 Å². The van der Waals surface area contributed by atoms with Crippen LogP contribution < -0.4 is 11.1 Å². The lowest BCUT2D eigenvalue weighted by molar-refractivity contribution is 0.0950. The van der Waals surface area contributed by atoms with Crippen molar-refractivity contribution in [2.75, 3.05) is 13.2 Å². The van der Waals surface area contributed by atoms with Crippen LogP contribution in [-0.4, -0.2) is 30.1 Å². The Kier molecular flexibility index (Phi) is 5.87. The zero-order valence-electron chi connectivity index (χ0n) is 10.2. The van der Waals surface area contributed by atoms with E-state index in [2.05, 4.69) is 5.32 Å². The Hall–Kier alpha value is -1.88. The molecule has 5 nitrogen and oxygen atoms in total. The van der Waals surface area contributed by atoms with Crippen LogP contribution in [0.1, 0.15) is 40.0 Å². The van der Waals surface area contributed by atoms with Gasteiger partial charge >= 0.3 is 0 Å². The van der Waals surface area contributed by atoms with Gasteiger partial charge in [0.25, 0.3) is 5.91 Å². The minimum Gasteiger partial charge on any atom is -0.396 e. The van der Waals surface area contributed by atoms with Crippen molar-refractivity contribution in [2.45, 2.75) is 19.3 Å². The van der Waals surface area contributed by atoms with E-state index in [1.807, 2.05) is 0 Å². The van der Waals surface area contributed by atoms with Crippen molar-refractivity contribution in [1.82, 2.24) is 5.32 Å². The minimum atomic E-state index is -0.508. The summed E-state index contributed by atoms with van der Waals surface area (Å²) in [5, 5.41) is 11.4. The third kappa shape index (κ3) is 4.55. The number of carbonyl (C=O) groups excluding carboxylic acids is 2. The van der Waals surface area contributed by atoms with Crippen molar-refractivity contribution in [3.63, 3.8) is 0 Å². The van der Waals surface area contributed by atoms with Crippen molar-refractivity contribution in [3.8, 4) is 0 Å². The van der Waals surface area contributed by atoms with E-state index in [0.717, 1.165) is 19.3 Å². The van der Waals surface area contributed by atoms with E-state index in [-0.39, 0.29) is 12.5 Å². The van der Waals surface area contributed by atoms with Crippen LogP contribution in [-0.2, 0) is 0 Å². The van der Waals surface area contributed by atoms with E-state index in [9.17, 15) is 9.59 Å². The maximum Gasteiger partial charge on any atom is 0.251 e. The first-order valence-electron chi connectivity index (χ1n) is 5.94. The first kappa shape index (κ1) is 14.2. The third-order valence-corrected chi connectivity index (χ3v) is 2.55. The zero-order chi connectivity index (χ0) is 13.4. The monoisotopic (exact) mass is 250 g/mol. The Balaban J connectivity index is 2.39. The number of hydrogen-bond acceptors (Lipinski definition) is 3. The Morgan fingerprint density at radius 2 is 1.67 bits per heavy atom. The van der Waals surface area contributed by atoms with Gasteiger partial charge in [-0.1, -0.05) is 0 Å². The maximum atomic E-state index is 11.7. The SMILES string of the molecule is NC(=O)c1ccc(C(=O)NCCCCCO)cc1. The number of amides is 2. The fraction of sp³-hybridized carbons (Fsp3) is 0.385. The molecule has 0 saturated heterocycles. The molecule has 1 rings (SSSR count). The van der Waals surface area contributed by atoms with E-state index in [1.165, 1.54) is 12.1 Å². The van der Waals surface area contributed by atoms with E-state index in [0.29, 0.717) is 17.7 Å². The van der Waals surface area contributed by atoms with Crippen LogP contribution in [0.4, 0.5) is 0 Å². The molecule has 0 aliphatic heterocycles. The first-order valence-corrected chi connectivity index (χ1v) is 5.94. The van der Waals surface area contributed by atoms with Gasteiger partial charge in [-0.25, -0.2) is 0 Å². The number of aliphatic hydroxyl groups excluding tert-OH is 1. The molecular formula is C13H18N2O3. The number of benzene rings is 1. The second-order valence-electron chi connectivity index (χ2n) is 3.98. The molecule has 0 aliphatic rings. The lowest BCUT2D eigenvalue weighted by Gasteiger charge is -2.05. The molecular weight excluding hydrogens is 232 g/mol. The average Bonchev–Trinajstić information content (AvgIpc) is 2.38. The average molecular weight is 250 g/mol. The second-order valence-corrected chi connectivity index (χ2v) is 3.98. The van der Waals surface area contributed by atoms with Gasteiger partial charge in [-0.05, 0) is 43.5 Å². The van der Waals surface area contributed by atoms with Crippen LogP contribution in [0.5, 0.6) is 0 Å². The van der Waals surface area contributed by atoms with Crippen LogP contribution in [0.25, 0.3) is 0 Å². The first-order chi connectivity index (χ1) is 8.65. The highest BCUT2D eigenvalue weighted by molar-refractivity contribution is 5.97.